The Bertz CT molecular complexity index is 192. The molecule has 0 aromatic heterocycles. The standard InChI is InChI=1S/C13H28N2O/c1-5-13(6-2)11-15(9-10-16-4)12(3)7-8-14-13/h12,14H,5-11H2,1-4H3. The molecule has 0 aliphatic carbocycles. The molecular weight excluding hydrogens is 200 g/mol. The summed E-state index contributed by atoms with van der Waals surface area (Å²) >= 11 is 0. The predicted molar refractivity (Wildman–Crippen MR) is 68.8 cm³/mol. The maximum atomic E-state index is 5.21. The van der Waals surface area contributed by atoms with Crippen LogP contribution in [0.25, 0.3) is 0 Å². The highest BCUT2D eigenvalue weighted by Crippen LogP contribution is 2.22. The highest BCUT2D eigenvalue weighted by Gasteiger charge is 2.32. The first-order valence-electron chi connectivity index (χ1n) is 6.65. The summed E-state index contributed by atoms with van der Waals surface area (Å²) in [4.78, 5) is 2.58. The van der Waals surface area contributed by atoms with Gasteiger partial charge in [-0.05, 0) is 32.7 Å². The molecule has 1 aliphatic rings. The zero-order chi connectivity index (χ0) is 12.0. The minimum Gasteiger partial charge on any atom is -0.383 e. The lowest BCUT2D eigenvalue weighted by molar-refractivity contribution is 0.106. The van der Waals surface area contributed by atoms with Crippen molar-refractivity contribution in [2.24, 2.45) is 0 Å². The molecule has 0 amide bonds. The van der Waals surface area contributed by atoms with Gasteiger partial charge in [0.2, 0.25) is 0 Å². The number of rotatable bonds is 5. The van der Waals surface area contributed by atoms with Gasteiger partial charge in [0.15, 0.2) is 0 Å². The minimum atomic E-state index is 0.318. The Morgan fingerprint density at radius 2 is 2.06 bits per heavy atom. The van der Waals surface area contributed by atoms with Gasteiger partial charge >= 0.3 is 0 Å². The van der Waals surface area contributed by atoms with E-state index in [1.807, 2.05) is 0 Å². The molecule has 0 aromatic rings. The van der Waals surface area contributed by atoms with E-state index in [0.29, 0.717) is 11.6 Å². The van der Waals surface area contributed by atoms with Crippen molar-refractivity contribution in [2.45, 2.75) is 51.6 Å². The highest BCUT2D eigenvalue weighted by molar-refractivity contribution is 4.93. The lowest BCUT2D eigenvalue weighted by Gasteiger charge is -2.37. The molecule has 1 N–H and O–H groups in total. The summed E-state index contributed by atoms with van der Waals surface area (Å²) in [6.45, 7) is 11.1. The fraction of sp³-hybridized carbons (Fsp3) is 1.00. The molecule has 0 bridgehead atoms. The third-order valence-corrected chi connectivity index (χ3v) is 4.13. The van der Waals surface area contributed by atoms with Crippen LogP contribution in [0.15, 0.2) is 0 Å². The number of hydrogen-bond acceptors (Lipinski definition) is 3. The molecule has 1 fully saturated rings. The van der Waals surface area contributed by atoms with Crippen molar-refractivity contribution in [2.75, 3.05) is 33.4 Å². The fourth-order valence-electron chi connectivity index (χ4n) is 2.56. The molecule has 16 heavy (non-hydrogen) atoms. The van der Waals surface area contributed by atoms with Crippen LogP contribution in [-0.2, 0) is 4.74 Å². The van der Waals surface area contributed by atoms with Crippen molar-refractivity contribution < 1.29 is 4.74 Å². The van der Waals surface area contributed by atoms with Gasteiger partial charge in [0.1, 0.15) is 0 Å². The quantitative estimate of drug-likeness (QED) is 0.777. The summed E-state index contributed by atoms with van der Waals surface area (Å²) in [5.74, 6) is 0. The normalized spacial score (nSPS) is 26.6. The van der Waals surface area contributed by atoms with Gasteiger partial charge < -0.3 is 10.1 Å². The summed E-state index contributed by atoms with van der Waals surface area (Å²) in [6, 6.07) is 0.669. The van der Waals surface area contributed by atoms with E-state index in [1.165, 1.54) is 19.3 Å². The molecule has 1 aliphatic heterocycles. The lowest BCUT2D eigenvalue weighted by atomic mass is 9.92. The van der Waals surface area contributed by atoms with Crippen molar-refractivity contribution in [3.05, 3.63) is 0 Å². The van der Waals surface area contributed by atoms with Crippen LogP contribution in [0.2, 0.25) is 0 Å². The monoisotopic (exact) mass is 228 g/mol. The first kappa shape index (κ1) is 13.9. The number of nitrogens with one attached hydrogen (secondary N) is 1. The third-order valence-electron chi connectivity index (χ3n) is 4.13. The van der Waals surface area contributed by atoms with Crippen molar-refractivity contribution in [3.63, 3.8) is 0 Å². The zero-order valence-corrected chi connectivity index (χ0v) is 11.4. The van der Waals surface area contributed by atoms with E-state index < -0.39 is 0 Å². The molecule has 0 radical (unpaired) electrons. The number of ether oxygens (including phenoxy) is 1. The molecule has 1 unspecified atom stereocenters. The van der Waals surface area contributed by atoms with Gasteiger partial charge in [-0.25, -0.2) is 0 Å². The van der Waals surface area contributed by atoms with Crippen molar-refractivity contribution >= 4 is 0 Å². The first-order chi connectivity index (χ1) is 7.67. The zero-order valence-electron chi connectivity index (χ0n) is 11.4. The topological polar surface area (TPSA) is 24.5 Å². The van der Waals surface area contributed by atoms with E-state index in [0.717, 1.165) is 26.2 Å². The Labute approximate surface area is 101 Å². The first-order valence-corrected chi connectivity index (χ1v) is 6.65. The largest absolute Gasteiger partial charge is 0.383 e. The molecule has 1 rings (SSSR count). The Balaban J connectivity index is 2.64. The van der Waals surface area contributed by atoms with Crippen molar-refractivity contribution in [1.29, 1.82) is 0 Å². The van der Waals surface area contributed by atoms with E-state index in [1.54, 1.807) is 7.11 Å². The molecule has 1 atom stereocenters. The van der Waals surface area contributed by atoms with Gasteiger partial charge in [0.05, 0.1) is 6.61 Å². The second-order valence-electron chi connectivity index (χ2n) is 5.02. The van der Waals surface area contributed by atoms with E-state index in [4.69, 9.17) is 4.74 Å². The van der Waals surface area contributed by atoms with Crippen LogP contribution >= 0.6 is 0 Å². The number of hydrogen-bond donors (Lipinski definition) is 1. The Morgan fingerprint density at radius 1 is 1.38 bits per heavy atom. The van der Waals surface area contributed by atoms with Crippen LogP contribution in [0.3, 0.4) is 0 Å². The van der Waals surface area contributed by atoms with Gasteiger partial charge in [-0.15, -0.1) is 0 Å². The molecule has 0 spiro atoms. The summed E-state index contributed by atoms with van der Waals surface area (Å²) in [6.07, 6.45) is 3.66. The summed E-state index contributed by atoms with van der Waals surface area (Å²) in [7, 11) is 1.79. The SMILES string of the molecule is CCC1(CC)CN(CCOC)C(C)CCN1. The van der Waals surface area contributed by atoms with Crippen molar-refractivity contribution in [3.8, 4) is 0 Å². The molecule has 1 heterocycles. The van der Waals surface area contributed by atoms with Crippen LogP contribution < -0.4 is 5.32 Å². The number of nitrogens with zero attached hydrogens (tertiary/aromatic N) is 1. The molecule has 0 aromatic carbocycles. The molecule has 1 saturated heterocycles. The van der Waals surface area contributed by atoms with E-state index in [9.17, 15) is 0 Å². The Hall–Kier alpha value is -0.120. The maximum Gasteiger partial charge on any atom is 0.0589 e. The van der Waals surface area contributed by atoms with Gasteiger partial charge in [-0.1, -0.05) is 13.8 Å². The van der Waals surface area contributed by atoms with Crippen molar-refractivity contribution in [1.82, 2.24) is 10.2 Å². The van der Waals surface area contributed by atoms with Gasteiger partial charge in [-0.2, -0.15) is 0 Å². The second-order valence-corrected chi connectivity index (χ2v) is 5.02. The van der Waals surface area contributed by atoms with Crippen LogP contribution in [-0.4, -0.2) is 49.8 Å². The molecular formula is C13H28N2O. The van der Waals surface area contributed by atoms with Crippen LogP contribution in [0, 0.1) is 0 Å². The van der Waals surface area contributed by atoms with E-state index in [2.05, 4.69) is 31.0 Å². The Morgan fingerprint density at radius 3 is 2.62 bits per heavy atom. The van der Waals surface area contributed by atoms with Crippen LogP contribution in [0.1, 0.15) is 40.0 Å². The van der Waals surface area contributed by atoms with E-state index in [-0.39, 0.29) is 0 Å². The predicted octanol–water partition coefficient (Wildman–Crippen LogP) is 1.88. The molecule has 0 saturated carbocycles. The highest BCUT2D eigenvalue weighted by atomic mass is 16.5. The fourth-order valence-corrected chi connectivity index (χ4v) is 2.56. The van der Waals surface area contributed by atoms with E-state index >= 15 is 0 Å². The summed E-state index contributed by atoms with van der Waals surface area (Å²) in [5.41, 5.74) is 0.318. The average molecular weight is 228 g/mol. The van der Waals surface area contributed by atoms with Gasteiger partial charge in [-0.3, -0.25) is 4.90 Å². The maximum absolute atomic E-state index is 5.21. The third kappa shape index (κ3) is 3.44. The van der Waals surface area contributed by atoms with Crippen LogP contribution in [0.5, 0.6) is 0 Å². The molecule has 96 valence electrons. The average Bonchev–Trinajstić information content (AvgIpc) is 2.47. The van der Waals surface area contributed by atoms with Gasteiger partial charge in [0, 0.05) is 31.8 Å². The minimum absolute atomic E-state index is 0.318. The Kier molecular flexibility index (Phi) is 5.73. The number of methoxy groups -OCH3 is 1. The van der Waals surface area contributed by atoms with Crippen LogP contribution in [0.4, 0.5) is 0 Å². The smallest absolute Gasteiger partial charge is 0.0589 e. The molecule has 3 heteroatoms. The lowest BCUT2D eigenvalue weighted by Crippen LogP contribution is -2.51. The second kappa shape index (κ2) is 6.58. The summed E-state index contributed by atoms with van der Waals surface area (Å²) in [5, 5.41) is 3.75. The summed E-state index contributed by atoms with van der Waals surface area (Å²) < 4.78 is 5.21. The molecule has 3 nitrogen and oxygen atoms in total. The van der Waals surface area contributed by atoms with Gasteiger partial charge in [0.25, 0.3) is 0 Å².